The third kappa shape index (κ3) is 5.16. The van der Waals surface area contributed by atoms with Crippen molar-refractivity contribution in [3.05, 3.63) is 75.7 Å². The monoisotopic (exact) mass is 471 g/mol. The van der Waals surface area contributed by atoms with Crippen LogP contribution in [0, 0.1) is 11.6 Å². The third-order valence-electron chi connectivity index (χ3n) is 5.00. The van der Waals surface area contributed by atoms with E-state index in [4.69, 9.17) is 4.74 Å². The number of anilines is 1. The van der Waals surface area contributed by atoms with E-state index in [1.807, 2.05) is 24.3 Å². The SMILES string of the molecule is CCCSc1nc(NCc2ccc(OC)cc2)c2[nH]c(=O)n(Cc3ccc(F)cc3F)c2n1. The van der Waals surface area contributed by atoms with Crippen molar-refractivity contribution < 1.29 is 13.5 Å². The maximum atomic E-state index is 14.2. The molecule has 0 saturated carbocycles. The second-order valence-electron chi connectivity index (χ2n) is 7.36. The van der Waals surface area contributed by atoms with Crippen molar-refractivity contribution in [3.8, 4) is 5.75 Å². The van der Waals surface area contributed by atoms with Crippen molar-refractivity contribution in [2.45, 2.75) is 31.6 Å². The number of benzene rings is 2. The van der Waals surface area contributed by atoms with Crippen molar-refractivity contribution in [1.29, 1.82) is 0 Å². The van der Waals surface area contributed by atoms with Crippen molar-refractivity contribution in [2.24, 2.45) is 0 Å². The van der Waals surface area contributed by atoms with Gasteiger partial charge >= 0.3 is 5.69 Å². The van der Waals surface area contributed by atoms with Crippen LogP contribution < -0.4 is 15.7 Å². The van der Waals surface area contributed by atoms with Gasteiger partial charge in [-0.3, -0.25) is 4.57 Å². The molecule has 0 aliphatic rings. The molecule has 10 heteroatoms. The highest BCUT2D eigenvalue weighted by Crippen LogP contribution is 2.24. The lowest BCUT2D eigenvalue weighted by atomic mass is 10.2. The number of aromatic nitrogens is 4. The first kappa shape index (κ1) is 22.8. The van der Waals surface area contributed by atoms with Gasteiger partial charge in [0.05, 0.1) is 13.7 Å². The quantitative estimate of drug-likeness (QED) is 0.275. The van der Waals surface area contributed by atoms with E-state index in [0.717, 1.165) is 35.6 Å². The number of aromatic amines is 1. The summed E-state index contributed by atoms with van der Waals surface area (Å²) in [5.41, 5.74) is 1.52. The summed E-state index contributed by atoms with van der Waals surface area (Å²) in [6, 6.07) is 10.9. The molecule has 4 aromatic rings. The largest absolute Gasteiger partial charge is 0.497 e. The van der Waals surface area contributed by atoms with Gasteiger partial charge in [0.25, 0.3) is 0 Å². The van der Waals surface area contributed by atoms with Crippen molar-refractivity contribution >= 4 is 28.7 Å². The van der Waals surface area contributed by atoms with Crippen LogP contribution in [-0.2, 0) is 13.1 Å². The minimum Gasteiger partial charge on any atom is -0.497 e. The maximum Gasteiger partial charge on any atom is 0.328 e. The lowest BCUT2D eigenvalue weighted by molar-refractivity contribution is 0.414. The Morgan fingerprint density at radius 3 is 2.64 bits per heavy atom. The number of ether oxygens (including phenoxy) is 1. The minimum absolute atomic E-state index is 0.0856. The molecule has 0 bridgehead atoms. The van der Waals surface area contributed by atoms with Gasteiger partial charge in [-0.25, -0.2) is 23.5 Å². The van der Waals surface area contributed by atoms with Crippen LogP contribution >= 0.6 is 11.8 Å². The molecule has 0 saturated heterocycles. The molecule has 4 rings (SSSR count). The number of imidazole rings is 1. The van der Waals surface area contributed by atoms with Gasteiger partial charge < -0.3 is 15.0 Å². The lowest BCUT2D eigenvalue weighted by Gasteiger charge is -2.10. The number of hydrogen-bond acceptors (Lipinski definition) is 6. The summed E-state index contributed by atoms with van der Waals surface area (Å²) in [5.74, 6) is 0.655. The number of methoxy groups -OCH3 is 1. The Bertz CT molecular complexity index is 1320. The van der Waals surface area contributed by atoms with E-state index in [1.54, 1.807) is 7.11 Å². The Morgan fingerprint density at radius 1 is 1.15 bits per heavy atom. The van der Waals surface area contributed by atoms with Crippen molar-refractivity contribution in [3.63, 3.8) is 0 Å². The molecule has 0 unspecified atom stereocenters. The second kappa shape index (κ2) is 10.0. The summed E-state index contributed by atoms with van der Waals surface area (Å²) in [7, 11) is 1.61. The fraction of sp³-hybridized carbons (Fsp3) is 0.261. The molecule has 0 atom stereocenters. The summed E-state index contributed by atoms with van der Waals surface area (Å²) in [6.07, 6.45) is 0.932. The third-order valence-corrected chi connectivity index (χ3v) is 6.05. The van der Waals surface area contributed by atoms with Crippen LogP contribution in [0.15, 0.2) is 52.4 Å². The van der Waals surface area contributed by atoms with E-state index in [0.29, 0.717) is 28.7 Å². The van der Waals surface area contributed by atoms with E-state index in [1.165, 1.54) is 22.4 Å². The first-order chi connectivity index (χ1) is 16.0. The Balaban J connectivity index is 1.70. The fourth-order valence-corrected chi connectivity index (χ4v) is 3.99. The van der Waals surface area contributed by atoms with Gasteiger partial charge in [0.2, 0.25) is 0 Å². The molecular weight excluding hydrogens is 448 g/mol. The predicted molar refractivity (Wildman–Crippen MR) is 125 cm³/mol. The average Bonchev–Trinajstić information content (AvgIpc) is 3.13. The summed E-state index contributed by atoms with van der Waals surface area (Å²) >= 11 is 1.47. The molecule has 0 amide bonds. The second-order valence-corrected chi connectivity index (χ2v) is 8.42. The number of fused-ring (bicyclic) bond motifs is 1. The Hall–Kier alpha value is -3.40. The molecular formula is C23H23F2N5O2S. The molecule has 172 valence electrons. The van der Waals surface area contributed by atoms with Crippen LogP contribution in [0.2, 0.25) is 0 Å². The highest BCUT2D eigenvalue weighted by Gasteiger charge is 2.17. The summed E-state index contributed by atoms with van der Waals surface area (Å²) in [4.78, 5) is 24.6. The van der Waals surface area contributed by atoms with Crippen LogP contribution in [0.25, 0.3) is 11.2 Å². The number of nitrogens with zero attached hydrogens (tertiary/aromatic N) is 3. The van der Waals surface area contributed by atoms with Gasteiger partial charge in [0.15, 0.2) is 16.6 Å². The molecule has 0 aliphatic heterocycles. The van der Waals surface area contributed by atoms with Gasteiger partial charge in [0.1, 0.15) is 22.9 Å². The fourth-order valence-electron chi connectivity index (χ4n) is 3.29. The van der Waals surface area contributed by atoms with Gasteiger partial charge in [-0.2, -0.15) is 0 Å². The van der Waals surface area contributed by atoms with E-state index in [-0.39, 0.29) is 12.1 Å². The van der Waals surface area contributed by atoms with Gasteiger partial charge in [-0.1, -0.05) is 36.9 Å². The van der Waals surface area contributed by atoms with Crippen LogP contribution in [-0.4, -0.2) is 32.4 Å². The molecule has 2 aromatic carbocycles. The van der Waals surface area contributed by atoms with E-state index >= 15 is 0 Å². The standard InChI is InChI=1S/C23H23F2N5O2S/c1-3-10-33-22-28-20(26-12-14-4-8-17(32-2)9-5-14)19-21(29-22)30(23(31)27-19)13-15-6-7-16(24)11-18(15)25/h4-9,11H,3,10,12-13H2,1-2H3,(H,27,31)(H,26,28,29). The zero-order valence-corrected chi connectivity index (χ0v) is 19.0. The number of H-pyrrole nitrogens is 1. The Kier molecular flexibility index (Phi) is 6.93. The smallest absolute Gasteiger partial charge is 0.328 e. The van der Waals surface area contributed by atoms with Gasteiger partial charge in [-0.15, -0.1) is 0 Å². The van der Waals surface area contributed by atoms with Crippen molar-refractivity contribution in [1.82, 2.24) is 19.5 Å². The molecule has 0 fully saturated rings. The summed E-state index contributed by atoms with van der Waals surface area (Å²) in [6.45, 7) is 2.43. The average molecular weight is 472 g/mol. The lowest BCUT2D eigenvalue weighted by Crippen LogP contribution is -2.18. The molecule has 0 spiro atoms. The summed E-state index contributed by atoms with van der Waals surface area (Å²) < 4.78 is 34.1. The first-order valence-corrected chi connectivity index (χ1v) is 11.4. The normalized spacial score (nSPS) is 11.2. The van der Waals surface area contributed by atoms with Crippen LogP contribution in [0.1, 0.15) is 24.5 Å². The van der Waals surface area contributed by atoms with Gasteiger partial charge in [-0.05, 0) is 30.2 Å². The molecule has 33 heavy (non-hydrogen) atoms. The zero-order valence-electron chi connectivity index (χ0n) is 18.2. The van der Waals surface area contributed by atoms with Crippen LogP contribution in [0.3, 0.4) is 0 Å². The number of rotatable bonds is 9. The highest BCUT2D eigenvalue weighted by atomic mass is 32.2. The van der Waals surface area contributed by atoms with E-state index in [9.17, 15) is 13.6 Å². The van der Waals surface area contributed by atoms with Crippen LogP contribution in [0.4, 0.5) is 14.6 Å². The topological polar surface area (TPSA) is 84.8 Å². The number of nitrogens with one attached hydrogen (secondary N) is 2. The van der Waals surface area contributed by atoms with Gasteiger partial charge in [0, 0.05) is 23.9 Å². The molecule has 2 heterocycles. The first-order valence-electron chi connectivity index (χ1n) is 10.4. The molecule has 2 aromatic heterocycles. The summed E-state index contributed by atoms with van der Waals surface area (Å²) in [5, 5.41) is 3.78. The highest BCUT2D eigenvalue weighted by molar-refractivity contribution is 7.99. The maximum absolute atomic E-state index is 14.2. The van der Waals surface area contributed by atoms with E-state index in [2.05, 4.69) is 27.2 Å². The van der Waals surface area contributed by atoms with Crippen LogP contribution in [0.5, 0.6) is 5.75 Å². The molecule has 0 radical (unpaired) electrons. The number of halogens is 2. The van der Waals surface area contributed by atoms with Crippen molar-refractivity contribution in [2.75, 3.05) is 18.2 Å². The Labute approximate surface area is 193 Å². The molecule has 2 N–H and O–H groups in total. The predicted octanol–water partition coefficient (Wildman–Crippen LogP) is 4.57. The zero-order chi connectivity index (χ0) is 23.4. The Morgan fingerprint density at radius 2 is 1.94 bits per heavy atom. The minimum atomic E-state index is -0.719. The molecule has 7 nitrogen and oxygen atoms in total. The van der Waals surface area contributed by atoms with E-state index < -0.39 is 17.3 Å². The number of thioether (sulfide) groups is 1. The number of hydrogen-bond donors (Lipinski definition) is 2. The molecule has 0 aliphatic carbocycles.